The zero-order valence-electron chi connectivity index (χ0n) is 12.7. The molecular formula is C18H21N3O. The number of carbonyl (C=O) groups excluding carboxylic acids is 1. The number of nitrogens with zero attached hydrogens (tertiary/aromatic N) is 3. The number of amides is 1. The first-order valence-electron chi connectivity index (χ1n) is 8.18. The summed E-state index contributed by atoms with van der Waals surface area (Å²) in [6.07, 6.45) is 3.96. The van der Waals surface area contributed by atoms with Crippen LogP contribution < -0.4 is 0 Å². The smallest absolute Gasteiger partial charge is 0.223 e. The minimum atomic E-state index is 0.254. The van der Waals surface area contributed by atoms with Crippen LogP contribution in [-0.4, -0.2) is 27.1 Å². The Morgan fingerprint density at radius 3 is 2.77 bits per heavy atom. The second-order valence-corrected chi connectivity index (χ2v) is 6.36. The Kier molecular flexibility index (Phi) is 3.45. The summed E-state index contributed by atoms with van der Waals surface area (Å²) < 4.78 is 2.09. The molecule has 0 radical (unpaired) electrons. The molecule has 1 fully saturated rings. The van der Waals surface area contributed by atoms with Crippen LogP contribution in [0.5, 0.6) is 0 Å². The van der Waals surface area contributed by atoms with Gasteiger partial charge in [0.05, 0.1) is 24.5 Å². The summed E-state index contributed by atoms with van der Waals surface area (Å²) in [6, 6.07) is 12.4. The van der Waals surface area contributed by atoms with Crippen LogP contribution in [0.15, 0.2) is 36.4 Å². The number of benzene rings is 1. The third kappa shape index (κ3) is 2.78. The molecule has 1 aliphatic heterocycles. The van der Waals surface area contributed by atoms with E-state index in [0.717, 1.165) is 19.5 Å². The van der Waals surface area contributed by atoms with Gasteiger partial charge in [0.2, 0.25) is 5.91 Å². The van der Waals surface area contributed by atoms with E-state index in [1.165, 1.54) is 29.8 Å². The van der Waals surface area contributed by atoms with Gasteiger partial charge < -0.3 is 4.90 Å². The first-order chi connectivity index (χ1) is 10.8. The van der Waals surface area contributed by atoms with Crippen LogP contribution in [0.4, 0.5) is 0 Å². The molecule has 0 bridgehead atoms. The normalized spacial score (nSPS) is 17.4. The first kappa shape index (κ1) is 13.6. The molecule has 0 unspecified atom stereocenters. The summed E-state index contributed by atoms with van der Waals surface area (Å²) >= 11 is 0. The van der Waals surface area contributed by atoms with E-state index in [0.29, 0.717) is 18.9 Å². The molecule has 1 saturated carbocycles. The zero-order valence-corrected chi connectivity index (χ0v) is 12.7. The van der Waals surface area contributed by atoms with Gasteiger partial charge in [-0.15, -0.1) is 0 Å². The van der Waals surface area contributed by atoms with Crippen molar-refractivity contribution in [2.75, 3.05) is 6.54 Å². The molecule has 4 heteroatoms. The fraction of sp³-hybridized carbons (Fsp3) is 0.444. The monoisotopic (exact) mass is 295 g/mol. The first-order valence-corrected chi connectivity index (χ1v) is 8.18. The maximum absolute atomic E-state index is 12.4. The highest BCUT2D eigenvalue weighted by Gasteiger charge is 2.29. The Hall–Kier alpha value is -2.10. The van der Waals surface area contributed by atoms with Crippen molar-refractivity contribution in [2.24, 2.45) is 0 Å². The Balaban J connectivity index is 1.37. The highest BCUT2D eigenvalue weighted by molar-refractivity contribution is 5.76. The van der Waals surface area contributed by atoms with Gasteiger partial charge >= 0.3 is 0 Å². The molecule has 1 aromatic heterocycles. The molecular weight excluding hydrogens is 274 g/mol. The van der Waals surface area contributed by atoms with Crippen molar-refractivity contribution in [3.63, 3.8) is 0 Å². The molecule has 22 heavy (non-hydrogen) atoms. The number of hydrogen-bond donors (Lipinski definition) is 0. The molecule has 0 spiro atoms. The van der Waals surface area contributed by atoms with Crippen molar-refractivity contribution >= 4 is 5.91 Å². The van der Waals surface area contributed by atoms with Crippen LogP contribution in [0.2, 0.25) is 0 Å². The minimum absolute atomic E-state index is 0.254. The largest absolute Gasteiger partial charge is 0.335 e. The Bertz CT molecular complexity index is 673. The van der Waals surface area contributed by atoms with Crippen molar-refractivity contribution in [1.82, 2.24) is 14.7 Å². The maximum atomic E-state index is 12.4. The minimum Gasteiger partial charge on any atom is -0.335 e. The number of hydrogen-bond acceptors (Lipinski definition) is 2. The highest BCUT2D eigenvalue weighted by atomic mass is 16.2. The van der Waals surface area contributed by atoms with Crippen LogP contribution in [-0.2, 0) is 24.3 Å². The quantitative estimate of drug-likeness (QED) is 0.870. The van der Waals surface area contributed by atoms with Gasteiger partial charge in [-0.25, -0.2) is 0 Å². The van der Waals surface area contributed by atoms with E-state index < -0.39 is 0 Å². The van der Waals surface area contributed by atoms with E-state index in [1.807, 2.05) is 23.1 Å². The molecule has 2 heterocycles. The fourth-order valence-electron chi connectivity index (χ4n) is 3.13. The number of rotatable bonds is 4. The molecule has 0 N–H and O–H groups in total. The molecule has 114 valence electrons. The molecule has 2 aliphatic rings. The molecule has 1 amide bonds. The van der Waals surface area contributed by atoms with Gasteiger partial charge in [-0.2, -0.15) is 5.10 Å². The number of aryl methyl sites for hydroxylation is 1. The lowest BCUT2D eigenvalue weighted by Gasteiger charge is -2.27. The van der Waals surface area contributed by atoms with Crippen LogP contribution in [0.3, 0.4) is 0 Å². The van der Waals surface area contributed by atoms with Crippen molar-refractivity contribution in [3.05, 3.63) is 53.3 Å². The predicted molar refractivity (Wildman–Crippen MR) is 84.4 cm³/mol. The molecule has 1 aromatic carbocycles. The fourth-order valence-corrected chi connectivity index (χ4v) is 3.13. The summed E-state index contributed by atoms with van der Waals surface area (Å²) in [7, 11) is 0. The third-order valence-corrected chi connectivity index (χ3v) is 4.64. The lowest BCUT2D eigenvalue weighted by atomic mass is 10.1. The summed E-state index contributed by atoms with van der Waals surface area (Å²) in [5.41, 5.74) is 3.66. The second kappa shape index (κ2) is 5.59. The summed E-state index contributed by atoms with van der Waals surface area (Å²) in [6.45, 7) is 2.33. The van der Waals surface area contributed by atoms with Crippen LogP contribution in [0.1, 0.15) is 42.1 Å². The average molecular weight is 295 g/mol. The van der Waals surface area contributed by atoms with E-state index in [9.17, 15) is 4.79 Å². The molecule has 0 atom stereocenters. The van der Waals surface area contributed by atoms with Crippen molar-refractivity contribution in [1.29, 1.82) is 0 Å². The van der Waals surface area contributed by atoms with Gasteiger partial charge in [-0.3, -0.25) is 9.48 Å². The Labute approximate surface area is 130 Å². The van der Waals surface area contributed by atoms with Gasteiger partial charge in [0, 0.05) is 18.9 Å². The number of carbonyl (C=O) groups is 1. The topological polar surface area (TPSA) is 38.1 Å². The SMILES string of the molecule is O=C(CCc1ccccc1)N1CCn2nc(C3CC3)cc2C1. The van der Waals surface area contributed by atoms with Crippen molar-refractivity contribution in [3.8, 4) is 0 Å². The van der Waals surface area contributed by atoms with Crippen LogP contribution >= 0.6 is 0 Å². The van der Waals surface area contributed by atoms with Crippen molar-refractivity contribution in [2.45, 2.75) is 44.7 Å². The second-order valence-electron chi connectivity index (χ2n) is 6.36. The van der Waals surface area contributed by atoms with Gasteiger partial charge in [0.25, 0.3) is 0 Å². The van der Waals surface area contributed by atoms with E-state index in [-0.39, 0.29) is 5.91 Å². The van der Waals surface area contributed by atoms with Gasteiger partial charge in [-0.05, 0) is 30.9 Å². The van der Waals surface area contributed by atoms with Crippen LogP contribution in [0, 0.1) is 0 Å². The molecule has 4 nitrogen and oxygen atoms in total. The molecule has 0 saturated heterocycles. The summed E-state index contributed by atoms with van der Waals surface area (Å²) in [4.78, 5) is 14.4. The zero-order chi connectivity index (χ0) is 14.9. The summed E-state index contributed by atoms with van der Waals surface area (Å²) in [5.74, 6) is 0.935. The standard InChI is InChI=1S/C18H21N3O/c22-18(9-6-14-4-2-1-3-5-14)20-10-11-21-16(13-20)12-17(19-21)15-7-8-15/h1-5,12,15H,6-11,13H2. The van der Waals surface area contributed by atoms with Crippen LogP contribution in [0.25, 0.3) is 0 Å². The Morgan fingerprint density at radius 2 is 2.00 bits per heavy atom. The van der Waals surface area contributed by atoms with E-state index >= 15 is 0 Å². The Morgan fingerprint density at radius 1 is 1.18 bits per heavy atom. The predicted octanol–water partition coefficient (Wildman–Crippen LogP) is 2.74. The van der Waals surface area contributed by atoms with E-state index in [1.54, 1.807) is 0 Å². The highest BCUT2D eigenvalue weighted by Crippen LogP contribution is 2.39. The molecule has 2 aromatic rings. The van der Waals surface area contributed by atoms with Gasteiger partial charge in [0.1, 0.15) is 0 Å². The maximum Gasteiger partial charge on any atom is 0.223 e. The average Bonchev–Trinajstić information content (AvgIpc) is 3.32. The molecule has 4 rings (SSSR count). The third-order valence-electron chi connectivity index (χ3n) is 4.64. The lowest BCUT2D eigenvalue weighted by molar-refractivity contribution is -0.132. The van der Waals surface area contributed by atoms with Gasteiger partial charge in [0.15, 0.2) is 0 Å². The molecule has 1 aliphatic carbocycles. The van der Waals surface area contributed by atoms with Gasteiger partial charge in [-0.1, -0.05) is 30.3 Å². The van der Waals surface area contributed by atoms with E-state index in [4.69, 9.17) is 0 Å². The lowest BCUT2D eigenvalue weighted by Crippen LogP contribution is -2.38. The number of fused-ring (bicyclic) bond motifs is 1. The summed E-state index contributed by atoms with van der Waals surface area (Å²) in [5, 5.41) is 4.68. The van der Waals surface area contributed by atoms with E-state index in [2.05, 4.69) is 28.0 Å². The van der Waals surface area contributed by atoms with Crippen molar-refractivity contribution < 1.29 is 4.79 Å². The number of aromatic nitrogens is 2.